The summed E-state index contributed by atoms with van der Waals surface area (Å²) < 4.78 is 0. The molecule has 1 unspecified atom stereocenters. The van der Waals surface area contributed by atoms with Crippen LogP contribution in [0.25, 0.3) is 10.9 Å². The first-order valence-corrected chi connectivity index (χ1v) is 11.3. The number of hydrogen-bond acceptors (Lipinski definition) is 5. The lowest BCUT2D eigenvalue weighted by Crippen LogP contribution is -2.47. The second-order valence-electron chi connectivity index (χ2n) is 7.02. The SMILES string of the molecule is CSCCC(NC(=O)c1cccc([N+](=O)[O-])c1)C(=O)NCCc1c[nH]c2ccccc12. The fourth-order valence-electron chi connectivity index (χ4n) is 3.29. The average molecular weight is 441 g/mol. The number of nitro benzene ring substituents is 1. The van der Waals surface area contributed by atoms with Gasteiger partial charge in [0.15, 0.2) is 0 Å². The number of benzene rings is 2. The molecule has 3 aromatic rings. The van der Waals surface area contributed by atoms with Crippen molar-refractivity contribution in [3.8, 4) is 0 Å². The lowest BCUT2D eigenvalue weighted by Gasteiger charge is -2.18. The van der Waals surface area contributed by atoms with Crippen LogP contribution < -0.4 is 10.6 Å². The van der Waals surface area contributed by atoms with E-state index < -0.39 is 16.9 Å². The van der Waals surface area contributed by atoms with Gasteiger partial charge in [0.25, 0.3) is 11.6 Å². The molecule has 8 nitrogen and oxygen atoms in total. The van der Waals surface area contributed by atoms with Crippen molar-refractivity contribution in [2.75, 3.05) is 18.6 Å². The predicted octanol–water partition coefficient (Wildman–Crippen LogP) is 3.29. The van der Waals surface area contributed by atoms with E-state index >= 15 is 0 Å². The summed E-state index contributed by atoms with van der Waals surface area (Å²) in [7, 11) is 0. The molecule has 0 spiro atoms. The van der Waals surface area contributed by atoms with Crippen LogP contribution in [0.2, 0.25) is 0 Å². The van der Waals surface area contributed by atoms with E-state index in [1.807, 2.05) is 36.7 Å². The third kappa shape index (κ3) is 5.85. The Morgan fingerprint density at radius 2 is 2.00 bits per heavy atom. The second-order valence-corrected chi connectivity index (χ2v) is 8.00. The highest BCUT2D eigenvalue weighted by atomic mass is 32.2. The van der Waals surface area contributed by atoms with E-state index in [0.717, 1.165) is 16.5 Å². The maximum absolute atomic E-state index is 12.7. The van der Waals surface area contributed by atoms with Gasteiger partial charge in [0, 0.05) is 41.3 Å². The summed E-state index contributed by atoms with van der Waals surface area (Å²) in [6, 6.07) is 12.7. The number of nitrogens with one attached hydrogen (secondary N) is 3. The zero-order valence-corrected chi connectivity index (χ0v) is 17.9. The van der Waals surface area contributed by atoms with Gasteiger partial charge in [-0.3, -0.25) is 19.7 Å². The van der Waals surface area contributed by atoms with Crippen molar-refractivity contribution in [2.24, 2.45) is 0 Å². The van der Waals surface area contributed by atoms with E-state index in [4.69, 9.17) is 0 Å². The van der Waals surface area contributed by atoms with Gasteiger partial charge in [-0.25, -0.2) is 0 Å². The minimum absolute atomic E-state index is 0.148. The zero-order valence-electron chi connectivity index (χ0n) is 17.1. The fourth-order valence-corrected chi connectivity index (χ4v) is 3.76. The van der Waals surface area contributed by atoms with E-state index in [-0.39, 0.29) is 17.2 Å². The fraction of sp³-hybridized carbons (Fsp3) is 0.273. The monoisotopic (exact) mass is 440 g/mol. The van der Waals surface area contributed by atoms with Crippen LogP contribution in [0.1, 0.15) is 22.3 Å². The van der Waals surface area contributed by atoms with Crippen molar-refractivity contribution in [3.05, 3.63) is 76.0 Å². The van der Waals surface area contributed by atoms with Crippen LogP contribution >= 0.6 is 11.8 Å². The number of thioether (sulfide) groups is 1. The Labute approximate surface area is 183 Å². The summed E-state index contributed by atoms with van der Waals surface area (Å²) in [5, 5.41) is 17.7. The van der Waals surface area contributed by atoms with Gasteiger partial charge in [-0.15, -0.1) is 0 Å². The predicted molar refractivity (Wildman–Crippen MR) is 122 cm³/mol. The van der Waals surface area contributed by atoms with Crippen molar-refractivity contribution in [1.82, 2.24) is 15.6 Å². The van der Waals surface area contributed by atoms with Crippen molar-refractivity contribution in [3.63, 3.8) is 0 Å². The summed E-state index contributed by atoms with van der Waals surface area (Å²) in [6.07, 6.45) is 4.98. The summed E-state index contributed by atoms with van der Waals surface area (Å²) >= 11 is 1.58. The number of fused-ring (bicyclic) bond motifs is 1. The molecule has 0 bridgehead atoms. The van der Waals surface area contributed by atoms with Crippen LogP contribution in [-0.2, 0) is 11.2 Å². The minimum atomic E-state index is -0.720. The smallest absolute Gasteiger partial charge is 0.270 e. The van der Waals surface area contributed by atoms with Gasteiger partial charge in [0.2, 0.25) is 5.91 Å². The molecule has 0 fully saturated rings. The molecule has 1 atom stereocenters. The zero-order chi connectivity index (χ0) is 22.2. The quantitative estimate of drug-likeness (QED) is 0.330. The number of aromatic nitrogens is 1. The summed E-state index contributed by atoms with van der Waals surface area (Å²) in [4.78, 5) is 38.9. The number of nitro groups is 1. The first-order valence-electron chi connectivity index (χ1n) is 9.86. The van der Waals surface area contributed by atoms with Crippen LogP contribution in [0, 0.1) is 10.1 Å². The number of H-pyrrole nitrogens is 1. The molecule has 0 aliphatic carbocycles. The van der Waals surface area contributed by atoms with Gasteiger partial charge in [-0.05, 0) is 42.5 Å². The number of hydrogen-bond donors (Lipinski definition) is 3. The van der Waals surface area contributed by atoms with Crippen molar-refractivity contribution in [1.29, 1.82) is 0 Å². The Balaban J connectivity index is 1.61. The highest BCUT2D eigenvalue weighted by Gasteiger charge is 2.22. The second kappa shape index (κ2) is 10.6. The summed E-state index contributed by atoms with van der Waals surface area (Å²) in [5.41, 5.74) is 2.13. The highest BCUT2D eigenvalue weighted by Crippen LogP contribution is 2.18. The van der Waals surface area contributed by atoms with Crippen molar-refractivity contribution in [2.45, 2.75) is 18.9 Å². The Morgan fingerprint density at radius 1 is 1.19 bits per heavy atom. The normalized spacial score (nSPS) is 11.8. The number of para-hydroxylation sites is 1. The molecule has 0 saturated carbocycles. The number of non-ortho nitro benzene ring substituents is 1. The van der Waals surface area contributed by atoms with E-state index in [2.05, 4.69) is 15.6 Å². The number of carbonyl (C=O) groups excluding carboxylic acids is 2. The van der Waals surface area contributed by atoms with Crippen molar-refractivity contribution >= 4 is 40.2 Å². The number of carbonyl (C=O) groups is 2. The molecule has 0 saturated heterocycles. The summed E-state index contributed by atoms with van der Waals surface area (Å²) in [5.74, 6) is -0.0929. The Bertz CT molecular complexity index is 1080. The molecular weight excluding hydrogens is 416 g/mol. The molecule has 2 amide bonds. The van der Waals surface area contributed by atoms with Gasteiger partial charge in [0.1, 0.15) is 6.04 Å². The molecule has 1 aromatic heterocycles. The van der Waals surface area contributed by atoms with Gasteiger partial charge in [-0.1, -0.05) is 24.3 Å². The molecule has 2 aromatic carbocycles. The molecule has 0 radical (unpaired) electrons. The molecule has 3 rings (SSSR count). The first kappa shape index (κ1) is 22.4. The highest BCUT2D eigenvalue weighted by molar-refractivity contribution is 7.98. The van der Waals surface area contributed by atoms with Crippen LogP contribution in [0.5, 0.6) is 0 Å². The van der Waals surface area contributed by atoms with Crippen molar-refractivity contribution < 1.29 is 14.5 Å². The number of rotatable bonds is 10. The lowest BCUT2D eigenvalue weighted by molar-refractivity contribution is -0.384. The molecule has 162 valence electrons. The Hall–Kier alpha value is -3.33. The topological polar surface area (TPSA) is 117 Å². The molecule has 0 aliphatic rings. The standard InChI is InChI=1S/C22H24N4O4S/c1-31-12-10-20(25-21(27)15-5-4-6-17(13-15)26(29)30)22(28)23-11-9-16-14-24-19-8-3-2-7-18(16)19/h2-8,13-14,20,24H,9-12H2,1H3,(H,23,28)(H,25,27). The van der Waals surface area contributed by atoms with Gasteiger partial charge >= 0.3 is 0 Å². The van der Waals surface area contributed by atoms with E-state index in [1.165, 1.54) is 24.3 Å². The average Bonchev–Trinajstić information content (AvgIpc) is 3.19. The largest absolute Gasteiger partial charge is 0.361 e. The Morgan fingerprint density at radius 3 is 2.77 bits per heavy atom. The van der Waals surface area contributed by atoms with Gasteiger partial charge < -0.3 is 15.6 Å². The molecule has 31 heavy (non-hydrogen) atoms. The van der Waals surface area contributed by atoms with E-state index in [1.54, 1.807) is 11.8 Å². The summed E-state index contributed by atoms with van der Waals surface area (Å²) in [6.45, 7) is 0.434. The third-order valence-electron chi connectivity index (χ3n) is 4.92. The number of aromatic amines is 1. The first-order chi connectivity index (χ1) is 15.0. The Kier molecular flexibility index (Phi) is 7.66. The lowest BCUT2D eigenvalue weighted by atomic mass is 10.1. The van der Waals surface area contributed by atoms with Gasteiger partial charge in [-0.2, -0.15) is 11.8 Å². The van der Waals surface area contributed by atoms with Crippen LogP contribution in [0.4, 0.5) is 5.69 Å². The van der Waals surface area contributed by atoms with Crippen LogP contribution in [-0.4, -0.2) is 46.3 Å². The molecule has 0 aliphatic heterocycles. The molecule has 9 heteroatoms. The number of nitrogens with zero attached hydrogens (tertiary/aromatic N) is 1. The maximum Gasteiger partial charge on any atom is 0.270 e. The van der Waals surface area contributed by atoms with Crippen LogP contribution in [0.15, 0.2) is 54.7 Å². The molecular formula is C22H24N4O4S. The molecule has 1 heterocycles. The minimum Gasteiger partial charge on any atom is -0.361 e. The van der Waals surface area contributed by atoms with Crippen LogP contribution in [0.3, 0.4) is 0 Å². The van der Waals surface area contributed by atoms with Gasteiger partial charge in [0.05, 0.1) is 4.92 Å². The number of amides is 2. The van der Waals surface area contributed by atoms with E-state index in [9.17, 15) is 19.7 Å². The van der Waals surface area contributed by atoms with E-state index in [0.29, 0.717) is 25.1 Å². The molecule has 3 N–H and O–H groups in total. The third-order valence-corrected chi connectivity index (χ3v) is 5.56. The maximum atomic E-state index is 12.7.